The van der Waals surface area contributed by atoms with Crippen molar-refractivity contribution in [3.05, 3.63) is 0 Å². The Bertz CT molecular complexity index is 172. The van der Waals surface area contributed by atoms with Crippen LogP contribution < -0.4 is 5.32 Å². The molecule has 1 aliphatic heterocycles. The number of aliphatic hydroxyl groups is 1. The predicted octanol–water partition coefficient (Wildman–Crippen LogP) is -0.681. The highest BCUT2D eigenvalue weighted by molar-refractivity contribution is 5.65. The summed E-state index contributed by atoms with van der Waals surface area (Å²) >= 11 is 0. The summed E-state index contributed by atoms with van der Waals surface area (Å²) in [6.45, 7) is 3.14. The third kappa shape index (κ3) is 2.09. The van der Waals surface area contributed by atoms with Crippen molar-refractivity contribution in [3.63, 3.8) is 0 Å². The van der Waals surface area contributed by atoms with E-state index in [0.29, 0.717) is 19.6 Å². The molecule has 0 bridgehead atoms. The molecule has 12 heavy (non-hydrogen) atoms. The minimum absolute atomic E-state index is 0.130. The van der Waals surface area contributed by atoms with Gasteiger partial charge in [0, 0.05) is 19.6 Å². The van der Waals surface area contributed by atoms with Gasteiger partial charge in [0.15, 0.2) is 0 Å². The molecule has 0 unspecified atom stereocenters. The molecule has 1 heterocycles. The predicted molar refractivity (Wildman–Crippen MR) is 43.1 cm³/mol. The van der Waals surface area contributed by atoms with E-state index < -0.39 is 12.2 Å². The van der Waals surface area contributed by atoms with Crippen molar-refractivity contribution in [1.82, 2.24) is 10.2 Å². The molecule has 1 rings (SSSR count). The topological polar surface area (TPSA) is 72.8 Å². The van der Waals surface area contributed by atoms with Crippen LogP contribution in [0.15, 0.2) is 0 Å². The van der Waals surface area contributed by atoms with Crippen LogP contribution in [-0.2, 0) is 0 Å². The van der Waals surface area contributed by atoms with Gasteiger partial charge in [-0.05, 0) is 6.92 Å². The zero-order valence-electron chi connectivity index (χ0n) is 7.03. The Labute approximate surface area is 71.0 Å². The normalized spacial score (nSPS) is 26.8. The second kappa shape index (κ2) is 3.73. The molecule has 1 amide bonds. The molecule has 2 atom stereocenters. The van der Waals surface area contributed by atoms with E-state index in [1.807, 2.05) is 0 Å². The lowest BCUT2D eigenvalue weighted by atomic mass is 10.1. The van der Waals surface area contributed by atoms with Gasteiger partial charge in [-0.3, -0.25) is 0 Å². The number of hydrogen-bond donors (Lipinski definition) is 3. The van der Waals surface area contributed by atoms with E-state index >= 15 is 0 Å². The fourth-order valence-corrected chi connectivity index (χ4v) is 1.28. The van der Waals surface area contributed by atoms with Gasteiger partial charge in [0.1, 0.15) is 0 Å². The largest absolute Gasteiger partial charge is 0.465 e. The summed E-state index contributed by atoms with van der Waals surface area (Å²) in [6.07, 6.45) is -1.42. The zero-order chi connectivity index (χ0) is 9.14. The number of amides is 1. The van der Waals surface area contributed by atoms with Crippen LogP contribution in [0.25, 0.3) is 0 Å². The third-order valence-corrected chi connectivity index (χ3v) is 2.06. The first-order valence-electron chi connectivity index (χ1n) is 4.00. The number of carbonyl (C=O) groups is 1. The van der Waals surface area contributed by atoms with Crippen LogP contribution in [0.1, 0.15) is 6.92 Å². The molecule has 1 saturated heterocycles. The summed E-state index contributed by atoms with van der Waals surface area (Å²) < 4.78 is 0. The smallest absolute Gasteiger partial charge is 0.407 e. The van der Waals surface area contributed by atoms with Gasteiger partial charge in [-0.25, -0.2) is 4.79 Å². The number of hydrogen-bond acceptors (Lipinski definition) is 3. The molecule has 0 aromatic heterocycles. The zero-order valence-corrected chi connectivity index (χ0v) is 7.03. The number of carboxylic acid groups (broad SMARTS) is 1. The van der Waals surface area contributed by atoms with Crippen LogP contribution in [0.3, 0.4) is 0 Å². The molecule has 5 nitrogen and oxygen atoms in total. The number of aliphatic hydroxyl groups excluding tert-OH is 1. The van der Waals surface area contributed by atoms with Crippen LogP contribution in [-0.4, -0.2) is 53.0 Å². The maximum Gasteiger partial charge on any atom is 0.407 e. The maximum absolute atomic E-state index is 10.5. The van der Waals surface area contributed by atoms with Gasteiger partial charge in [0.25, 0.3) is 0 Å². The van der Waals surface area contributed by atoms with E-state index in [4.69, 9.17) is 5.11 Å². The molecule has 70 valence electrons. The quantitative estimate of drug-likeness (QED) is 0.492. The van der Waals surface area contributed by atoms with Crippen molar-refractivity contribution in [2.24, 2.45) is 0 Å². The first-order chi connectivity index (χ1) is 5.61. The number of piperazine rings is 1. The fraction of sp³-hybridized carbons (Fsp3) is 0.857. The first-order valence-corrected chi connectivity index (χ1v) is 4.00. The molecule has 1 aliphatic rings. The van der Waals surface area contributed by atoms with E-state index in [2.05, 4.69) is 5.32 Å². The third-order valence-electron chi connectivity index (χ3n) is 2.06. The molecule has 0 spiro atoms. The number of rotatable bonds is 1. The monoisotopic (exact) mass is 174 g/mol. The Morgan fingerprint density at radius 3 is 2.92 bits per heavy atom. The van der Waals surface area contributed by atoms with Gasteiger partial charge in [-0.15, -0.1) is 0 Å². The summed E-state index contributed by atoms with van der Waals surface area (Å²) in [4.78, 5) is 11.9. The molecule has 0 aliphatic carbocycles. The molecule has 3 N–H and O–H groups in total. The molecule has 5 heteroatoms. The molecular weight excluding hydrogens is 160 g/mol. The van der Waals surface area contributed by atoms with Crippen molar-refractivity contribution in [1.29, 1.82) is 0 Å². The van der Waals surface area contributed by atoms with Gasteiger partial charge < -0.3 is 20.4 Å². The first kappa shape index (κ1) is 9.28. The standard InChI is InChI=1S/C7H14N2O3/c1-5(10)6-4-9(7(11)12)3-2-8-6/h5-6,8,10H,2-4H2,1H3,(H,11,12)/t5-,6-/m0/s1. The van der Waals surface area contributed by atoms with Crippen LogP contribution in [0.4, 0.5) is 4.79 Å². The van der Waals surface area contributed by atoms with E-state index in [-0.39, 0.29) is 6.04 Å². The van der Waals surface area contributed by atoms with E-state index in [1.165, 1.54) is 4.90 Å². The lowest BCUT2D eigenvalue weighted by Crippen LogP contribution is -2.56. The molecule has 0 saturated carbocycles. The molecule has 1 fully saturated rings. The van der Waals surface area contributed by atoms with Crippen molar-refractivity contribution in [2.45, 2.75) is 19.1 Å². The van der Waals surface area contributed by atoms with Crippen molar-refractivity contribution >= 4 is 6.09 Å². The fourth-order valence-electron chi connectivity index (χ4n) is 1.28. The molecular formula is C7H14N2O3. The Kier molecular flexibility index (Phi) is 2.88. The minimum atomic E-state index is -0.915. The van der Waals surface area contributed by atoms with E-state index in [0.717, 1.165) is 0 Å². The summed E-state index contributed by atoms with van der Waals surface area (Å²) in [5.41, 5.74) is 0. The van der Waals surface area contributed by atoms with Crippen molar-refractivity contribution in [2.75, 3.05) is 19.6 Å². The minimum Gasteiger partial charge on any atom is -0.465 e. The highest BCUT2D eigenvalue weighted by atomic mass is 16.4. The maximum atomic E-state index is 10.5. The van der Waals surface area contributed by atoms with Crippen molar-refractivity contribution in [3.8, 4) is 0 Å². The van der Waals surface area contributed by atoms with Gasteiger partial charge in [-0.1, -0.05) is 0 Å². The van der Waals surface area contributed by atoms with Crippen molar-refractivity contribution < 1.29 is 15.0 Å². The van der Waals surface area contributed by atoms with Gasteiger partial charge >= 0.3 is 6.09 Å². The second-order valence-electron chi connectivity index (χ2n) is 3.03. The van der Waals surface area contributed by atoms with Crippen LogP contribution in [0.5, 0.6) is 0 Å². The summed E-state index contributed by atoms with van der Waals surface area (Å²) in [7, 11) is 0. The Balaban J connectivity index is 2.46. The molecule has 0 aromatic carbocycles. The van der Waals surface area contributed by atoms with E-state index in [1.54, 1.807) is 6.92 Å². The highest BCUT2D eigenvalue weighted by Crippen LogP contribution is 2.02. The number of nitrogens with one attached hydrogen (secondary N) is 1. The lowest BCUT2D eigenvalue weighted by Gasteiger charge is -2.33. The highest BCUT2D eigenvalue weighted by Gasteiger charge is 2.25. The molecule has 0 radical (unpaired) electrons. The summed E-state index contributed by atoms with van der Waals surface area (Å²) in [5, 5.41) is 20.9. The average molecular weight is 174 g/mol. The Morgan fingerprint density at radius 1 is 1.75 bits per heavy atom. The van der Waals surface area contributed by atoms with Gasteiger partial charge in [0.2, 0.25) is 0 Å². The summed E-state index contributed by atoms with van der Waals surface area (Å²) in [6, 6.07) is -0.130. The van der Waals surface area contributed by atoms with Gasteiger partial charge in [-0.2, -0.15) is 0 Å². The van der Waals surface area contributed by atoms with E-state index in [9.17, 15) is 9.90 Å². The molecule has 0 aromatic rings. The Hall–Kier alpha value is -0.810. The van der Waals surface area contributed by atoms with Gasteiger partial charge in [0.05, 0.1) is 12.1 Å². The van der Waals surface area contributed by atoms with Crippen LogP contribution >= 0.6 is 0 Å². The average Bonchev–Trinajstić information content (AvgIpc) is 2.04. The summed E-state index contributed by atoms with van der Waals surface area (Å²) in [5.74, 6) is 0. The Morgan fingerprint density at radius 2 is 2.42 bits per heavy atom. The lowest BCUT2D eigenvalue weighted by molar-refractivity contribution is 0.0844. The van der Waals surface area contributed by atoms with Crippen LogP contribution in [0, 0.1) is 0 Å². The second-order valence-corrected chi connectivity index (χ2v) is 3.03. The SMILES string of the molecule is C[C@H](O)[C@@H]1CN(C(=O)O)CCN1. The van der Waals surface area contributed by atoms with Crippen LogP contribution in [0.2, 0.25) is 0 Å². The number of nitrogens with zero attached hydrogens (tertiary/aromatic N) is 1.